The molecule has 0 spiro atoms. The second kappa shape index (κ2) is 10.4. The zero-order valence-electron chi connectivity index (χ0n) is 18.9. The van der Waals surface area contributed by atoms with Crippen molar-refractivity contribution in [3.63, 3.8) is 0 Å². The quantitative estimate of drug-likeness (QED) is 0.211. The number of hydrogen-bond donors (Lipinski definition) is 0. The Bertz CT molecular complexity index is 1230. The number of alkyl halides is 6. The molecule has 36 heavy (non-hydrogen) atoms. The average Bonchev–Trinajstić information content (AvgIpc) is 2.86. The highest BCUT2D eigenvalue weighted by atomic mass is 31.1. The molecular weight excluding hydrogens is 499 g/mol. The summed E-state index contributed by atoms with van der Waals surface area (Å²) in [5.74, 6) is 0. The van der Waals surface area contributed by atoms with E-state index in [-0.39, 0.29) is 0 Å². The van der Waals surface area contributed by atoms with Gasteiger partial charge in [0.05, 0.1) is 16.8 Å². The smallest absolute Gasteiger partial charge is 0.370 e. The number of methoxy groups -OCH3 is 1. The van der Waals surface area contributed by atoms with Gasteiger partial charge in [-0.25, -0.2) is 0 Å². The van der Waals surface area contributed by atoms with Gasteiger partial charge in [0, 0.05) is 13.3 Å². The van der Waals surface area contributed by atoms with Crippen LogP contribution in [0, 0.1) is 0 Å². The van der Waals surface area contributed by atoms with E-state index in [9.17, 15) is 26.3 Å². The maximum atomic E-state index is 13.2. The minimum absolute atomic E-state index is 0.557. The van der Waals surface area contributed by atoms with Crippen LogP contribution in [-0.2, 0) is 17.1 Å². The fraction of sp³-hybridized carbons (Fsp3) is 0.148. The molecule has 4 aromatic rings. The van der Waals surface area contributed by atoms with E-state index >= 15 is 0 Å². The Balaban J connectivity index is 1.88. The summed E-state index contributed by atoms with van der Waals surface area (Å²) in [7, 11) is -0.0118. The summed E-state index contributed by atoms with van der Waals surface area (Å²) in [6, 6.07) is 22.1. The molecule has 0 aliphatic heterocycles. The predicted octanol–water partition coefficient (Wildman–Crippen LogP) is 6.61. The van der Waals surface area contributed by atoms with Crippen molar-refractivity contribution >= 4 is 23.8 Å². The highest BCUT2D eigenvalue weighted by Gasteiger charge is 2.33. The van der Waals surface area contributed by atoms with Gasteiger partial charge in [0.2, 0.25) is 0 Å². The Hall–Kier alpha value is -3.22. The largest absolute Gasteiger partial charge is 0.416 e. The summed E-state index contributed by atoms with van der Waals surface area (Å²) in [5, 5.41) is 1.85. The maximum Gasteiger partial charge on any atom is 0.416 e. The monoisotopic (exact) mass is 519 g/mol. The second-order valence-electron chi connectivity index (χ2n) is 7.85. The molecule has 0 aliphatic carbocycles. The summed E-state index contributed by atoms with van der Waals surface area (Å²) in [6.45, 7) is 0. The lowest BCUT2D eigenvalue weighted by atomic mass is 10.1. The number of ether oxygens (including phenoxy) is 1. The van der Waals surface area contributed by atoms with Crippen molar-refractivity contribution in [2.75, 3.05) is 7.11 Å². The van der Waals surface area contributed by atoms with Crippen molar-refractivity contribution in [2.45, 2.75) is 18.5 Å². The van der Waals surface area contributed by atoms with Crippen LogP contribution in [0.4, 0.5) is 26.3 Å². The minimum Gasteiger partial charge on any atom is -0.370 e. The van der Waals surface area contributed by atoms with Crippen LogP contribution in [-0.4, -0.2) is 12.1 Å². The van der Waals surface area contributed by atoms with Gasteiger partial charge in [-0.05, 0) is 65.8 Å². The number of aromatic nitrogens is 1. The zero-order valence-corrected chi connectivity index (χ0v) is 19.8. The minimum atomic E-state index is -4.51. The van der Waals surface area contributed by atoms with E-state index in [2.05, 4.69) is 4.98 Å². The lowest BCUT2D eigenvalue weighted by Crippen LogP contribution is -2.26. The number of nitrogens with zero attached hydrogens (tertiary/aromatic N) is 1. The molecule has 9 heteroatoms. The van der Waals surface area contributed by atoms with Crippen molar-refractivity contribution in [2.24, 2.45) is 0 Å². The van der Waals surface area contributed by atoms with E-state index < -0.39 is 37.5 Å². The van der Waals surface area contributed by atoms with Crippen molar-refractivity contribution < 1.29 is 31.1 Å². The van der Waals surface area contributed by atoms with E-state index in [0.717, 1.165) is 35.1 Å². The van der Waals surface area contributed by atoms with Crippen molar-refractivity contribution in [1.82, 2.24) is 4.98 Å². The van der Waals surface area contributed by atoms with Gasteiger partial charge in [-0.3, -0.25) is 4.98 Å². The first-order chi connectivity index (χ1) is 17.1. The van der Waals surface area contributed by atoms with Crippen LogP contribution in [0.15, 0.2) is 97.2 Å². The summed E-state index contributed by atoms with van der Waals surface area (Å²) in [6.07, 6.45) is -7.98. The molecule has 0 amide bonds. The SMILES string of the molecule is CO[C@H](c1ccccn1)c1ccccc1P(c1ccc(C(F)(F)F)cc1)c1ccc(C(F)(F)F)cc1. The van der Waals surface area contributed by atoms with Crippen molar-refractivity contribution in [3.8, 4) is 0 Å². The first kappa shape index (κ1) is 25.9. The summed E-state index contributed by atoms with van der Waals surface area (Å²) in [5.41, 5.74) is -0.248. The third-order valence-corrected chi connectivity index (χ3v) is 8.08. The molecule has 1 heterocycles. The van der Waals surface area contributed by atoms with Crippen LogP contribution in [0.3, 0.4) is 0 Å². The Labute approximate surface area is 205 Å². The van der Waals surface area contributed by atoms with Crippen LogP contribution >= 0.6 is 7.92 Å². The van der Waals surface area contributed by atoms with Crippen LogP contribution in [0.5, 0.6) is 0 Å². The number of benzene rings is 3. The Kier molecular flexibility index (Phi) is 7.48. The predicted molar refractivity (Wildman–Crippen MR) is 128 cm³/mol. The fourth-order valence-corrected chi connectivity index (χ4v) is 6.31. The molecule has 1 atom stereocenters. The Morgan fingerprint density at radius 2 is 1.17 bits per heavy atom. The Morgan fingerprint density at radius 1 is 0.667 bits per heavy atom. The third kappa shape index (κ3) is 5.61. The highest BCUT2D eigenvalue weighted by Crippen LogP contribution is 2.39. The summed E-state index contributed by atoms with van der Waals surface area (Å²) < 4.78 is 85.0. The van der Waals surface area contributed by atoms with Crippen LogP contribution in [0.2, 0.25) is 0 Å². The normalized spacial score (nSPS) is 13.1. The van der Waals surface area contributed by atoms with E-state index in [1.807, 2.05) is 18.2 Å². The molecule has 0 saturated carbocycles. The number of halogens is 6. The number of rotatable bonds is 6. The molecule has 0 fully saturated rings. The molecule has 3 aromatic carbocycles. The summed E-state index contributed by atoms with van der Waals surface area (Å²) >= 11 is 0. The van der Waals surface area contributed by atoms with Crippen molar-refractivity contribution in [3.05, 3.63) is 120 Å². The van der Waals surface area contributed by atoms with Gasteiger partial charge in [0.15, 0.2) is 0 Å². The molecule has 0 bridgehead atoms. The first-order valence-electron chi connectivity index (χ1n) is 10.8. The molecule has 4 rings (SSSR count). The van der Waals surface area contributed by atoms with E-state index in [0.29, 0.717) is 16.3 Å². The van der Waals surface area contributed by atoms with Gasteiger partial charge in [0.1, 0.15) is 6.10 Å². The number of hydrogen-bond acceptors (Lipinski definition) is 2. The van der Waals surface area contributed by atoms with Gasteiger partial charge >= 0.3 is 12.4 Å². The summed E-state index contributed by atoms with van der Waals surface area (Å²) in [4.78, 5) is 4.38. The van der Waals surface area contributed by atoms with E-state index in [1.165, 1.54) is 31.4 Å². The third-order valence-electron chi connectivity index (χ3n) is 5.56. The van der Waals surface area contributed by atoms with Gasteiger partial charge in [-0.15, -0.1) is 0 Å². The topological polar surface area (TPSA) is 22.1 Å². The van der Waals surface area contributed by atoms with E-state index in [4.69, 9.17) is 4.74 Å². The van der Waals surface area contributed by atoms with E-state index in [1.54, 1.807) is 30.5 Å². The lowest BCUT2D eigenvalue weighted by molar-refractivity contribution is -0.138. The van der Waals surface area contributed by atoms with Gasteiger partial charge in [-0.2, -0.15) is 26.3 Å². The lowest BCUT2D eigenvalue weighted by Gasteiger charge is -2.26. The molecule has 0 N–H and O–H groups in total. The maximum absolute atomic E-state index is 13.2. The van der Waals surface area contributed by atoms with Crippen LogP contribution in [0.1, 0.15) is 28.5 Å². The van der Waals surface area contributed by atoms with Crippen LogP contribution < -0.4 is 15.9 Å². The zero-order chi connectivity index (χ0) is 25.9. The van der Waals surface area contributed by atoms with Gasteiger partial charge in [-0.1, -0.05) is 54.6 Å². The molecule has 186 valence electrons. The van der Waals surface area contributed by atoms with Gasteiger partial charge in [0.25, 0.3) is 0 Å². The molecular formula is C27H20F6NOP. The van der Waals surface area contributed by atoms with Crippen molar-refractivity contribution in [1.29, 1.82) is 0 Å². The molecule has 0 unspecified atom stereocenters. The van der Waals surface area contributed by atoms with Crippen LogP contribution in [0.25, 0.3) is 0 Å². The molecule has 2 nitrogen and oxygen atoms in total. The first-order valence-corrected chi connectivity index (χ1v) is 12.1. The average molecular weight is 519 g/mol. The molecule has 0 aliphatic rings. The fourth-order valence-electron chi connectivity index (χ4n) is 3.88. The Morgan fingerprint density at radius 3 is 1.61 bits per heavy atom. The molecule has 0 radical (unpaired) electrons. The number of pyridine rings is 1. The van der Waals surface area contributed by atoms with Gasteiger partial charge < -0.3 is 4.74 Å². The second-order valence-corrected chi connectivity index (χ2v) is 10.0. The molecule has 0 saturated heterocycles. The highest BCUT2D eigenvalue weighted by molar-refractivity contribution is 7.79. The standard InChI is InChI=1S/C27H20F6NOP/c1-35-25(23-7-4-5-17-34-23)22-6-2-3-8-24(22)36(20-13-9-18(10-14-20)26(28,29)30)21-15-11-19(12-16-21)27(31,32)33/h2-17,25H,1H3/t25-/m0/s1. The molecule has 1 aromatic heterocycles.